The minimum Gasteiger partial charge on any atom is -0.507 e. The van der Waals surface area contributed by atoms with Crippen molar-refractivity contribution in [3.8, 4) is 11.5 Å². The topological polar surface area (TPSA) is 115 Å². The van der Waals surface area contributed by atoms with Gasteiger partial charge < -0.3 is 20.4 Å². The molecule has 0 radical (unpaired) electrons. The maximum Gasteiger partial charge on any atom is 0.339 e. The molecule has 6 nitrogen and oxygen atoms in total. The molecule has 0 aliphatic rings. The van der Waals surface area contributed by atoms with Gasteiger partial charge in [-0.25, -0.2) is 9.59 Å². The molecule has 4 N–H and O–H groups in total. The first-order valence-corrected chi connectivity index (χ1v) is 3.46. The van der Waals surface area contributed by atoms with Gasteiger partial charge in [-0.1, -0.05) is 0 Å². The van der Waals surface area contributed by atoms with Gasteiger partial charge in [0, 0.05) is 39.9 Å². The fraction of sp³-hybridized carbons (Fsp3) is 0. The Labute approximate surface area is 116 Å². The second-order valence-electron chi connectivity index (χ2n) is 2.50. The third-order valence-corrected chi connectivity index (χ3v) is 1.57. The summed E-state index contributed by atoms with van der Waals surface area (Å²) in [7, 11) is 0. The molecule has 15 heavy (non-hydrogen) atoms. The predicted molar refractivity (Wildman–Crippen MR) is 43.7 cm³/mol. The van der Waals surface area contributed by atoms with E-state index in [2.05, 4.69) is 0 Å². The molecule has 0 saturated carbocycles. The summed E-state index contributed by atoms with van der Waals surface area (Å²) in [4.78, 5) is 20.9. The minimum absolute atomic E-state index is 0. The Kier molecular flexibility index (Phi) is 4.93. The minimum atomic E-state index is -1.45. The molecule has 0 spiro atoms. The molecule has 0 aliphatic carbocycles. The second kappa shape index (κ2) is 5.25. The number of aromatic carboxylic acids is 2. The molecular formula is C8H6O6Th. The van der Waals surface area contributed by atoms with Crippen LogP contribution in [0.25, 0.3) is 0 Å². The van der Waals surface area contributed by atoms with Gasteiger partial charge in [0.1, 0.15) is 22.6 Å². The zero-order valence-corrected chi connectivity index (χ0v) is 11.4. The van der Waals surface area contributed by atoms with Crippen molar-refractivity contribution in [3.05, 3.63) is 23.3 Å². The van der Waals surface area contributed by atoms with Crippen molar-refractivity contribution in [1.29, 1.82) is 0 Å². The quantitative estimate of drug-likeness (QED) is 0.508. The number of benzene rings is 1. The molecule has 1 aromatic carbocycles. The molecule has 1 aromatic rings. The van der Waals surface area contributed by atoms with Crippen LogP contribution in [0.1, 0.15) is 20.7 Å². The molecule has 0 aromatic heterocycles. The smallest absolute Gasteiger partial charge is 0.339 e. The molecule has 1 rings (SSSR count). The molecule has 0 unspecified atom stereocenters. The normalized spacial score (nSPS) is 9.07. The van der Waals surface area contributed by atoms with Crippen molar-refractivity contribution in [2.45, 2.75) is 0 Å². The van der Waals surface area contributed by atoms with Crippen LogP contribution < -0.4 is 0 Å². The maximum atomic E-state index is 10.4. The molecule has 0 saturated heterocycles. The molecule has 0 aliphatic heterocycles. The largest absolute Gasteiger partial charge is 0.507 e. The van der Waals surface area contributed by atoms with Crippen molar-refractivity contribution in [2.75, 3.05) is 0 Å². The van der Waals surface area contributed by atoms with Gasteiger partial charge in [-0.3, -0.25) is 0 Å². The van der Waals surface area contributed by atoms with E-state index >= 15 is 0 Å². The van der Waals surface area contributed by atoms with Gasteiger partial charge in [0.2, 0.25) is 0 Å². The van der Waals surface area contributed by atoms with Gasteiger partial charge in [0.25, 0.3) is 0 Å². The van der Waals surface area contributed by atoms with Crippen LogP contribution in [0, 0.1) is 39.9 Å². The average Bonchev–Trinajstić information content (AvgIpc) is 2.07. The van der Waals surface area contributed by atoms with Crippen LogP contribution in [-0.2, 0) is 0 Å². The van der Waals surface area contributed by atoms with E-state index in [0.29, 0.717) is 12.1 Å². The number of carboxylic acid groups (broad SMARTS) is 2. The number of aromatic hydroxyl groups is 2. The zero-order chi connectivity index (χ0) is 10.9. The van der Waals surface area contributed by atoms with Crippen molar-refractivity contribution in [2.24, 2.45) is 0 Å². The number of phenols is 2. The van der Waals surface area contributed by atoms with Crippen LogP contribution in [-0.4, -0.2) is 32.4 Å². The Morgan fingerprint density at radius 3 is 1.33 bits per heavy atom. The summed E-state index contributed by atoms with van der Waals surface area (Å²) >= 11 is 0. The summed E-state index contributed by atoms with van der Waals surface area (Å²) in [6, 6.07) is 1.36. The van der Waals surface area contributed by atoms with E-state index < -0.39 is 34.6 Å². The van der Waals surface area contributed by atoms with Gasteiger partial charge in [-0.2, -0.15) is 0 Å². The molecule has 7 heteroatoms. The van der Waals surface area contributed by atoms with Crippen LogP contribution in [0.4, 0.5) is 0 Å². The van der Waals surface area contributed by atoms with Gasteiger partial charge in [-0.05, 0) is 12.1 Å². The summed E-state index contributed by atoms with van der Waals surface area (Å²) in [5, 5.41) is 35.2. The van der Waals surface area contributed by atoms with Gasteiger partial charge >= 0.3 is 11.9 Å². The van der Waals surface area contributed by atoms with Gasteiger partial charge in [0.15, 0.2) is 0 Å². The fourth-order valence-electron chi connectivity index (χ4n) is 0.919. The van der Waals surface area contributed by atoms with Crippen LogP contribution >= 0.6 is 0 Å². The standard InChI is InChI=1S/C8H6O6.Th/c9-5-1-3(7(11)12)6(10)2-4(5)8(13)14;/h1-2,9-10H,(H,11,12)(H,13,14);. The van der Waals surface area contributed by atoms with E-state index in [1.165, 1.54) is 0 Å². The van der Waals surface area contributed by atoms with Crippen LogP contribution in [0.3, 0.4) is 0 Å². The maximum absolute atomic E-state index is 10.4. The summed E-state index contributed by atoms with van der Waals surface area (Å²) in [6.45, 7) is 0. The number of carboxylic acids is 2. The van der Waals surface area contributed by atoms with Gasteiger partial charge in [0.05, 0.1) is 0 Å². The van der Waals surface area contributed by atoms with E-state index in [1.54, 1.807) is 0 Å². The van der Waals surface area contributed by atoms with Crippen LogP contribution in [0.15, 0.2) is 12.1 Å². The molecule has 0 bridgehead atoms. The number of rotatable bonds is 2. The number of hydrogen-bond donors (Lipinski definition) is 4. The summed E-state index contributed by atoms with van der Waals surface area (Å²) in [6.07, 6.45) is 0. The first-order chi connectivity index (χ1) is 6.43. The van der Waals surface area contributed by atoms with Crippen LogP contribution in [0.2, 0.25) is 0 Å². The second-order valence-corrected chi connectivity index (χ2v) is 2.50. The predicted octanol–water partition coefficient (Wildman–Crippen LogP) is 0.494. The van der Waals surface area contributed by atoms with Crippen molar-refractivity contribution in [3.63, 3.8) is 0 Å². The van der Waals surface area contributed by atoms with E-state index in [1.807, 2.05) is 0 Å². The SMILES string of the molecule is O=C(O)c1cc(O)c(C(=O)O)cc1O.[Th]. The third-order valence-electron chi connectivity index (χ3n) is 1.57. The Balaban J connectivity index is 0.00000196. The van der Waals surface area contributed by atoms with E-state index in [4.69, 9.17) is 20.4 Å². The Morgan fingerprint density at radius 1 is 0.867 bits per heavy atom. The summed E-state index contributed by atoms with van der Waals surface area (Å²) < 4.78 is 0. The van der Waals surface area contributed by atoms with Crippen molar-refractivity contribution < 1.29 is 70.0 Å². The zero-order valence-electron chi connectivity index (χ0n) is 7.26. The molecule has 78 valence electrons. The van der Waals surface area contributed by atoms with Gasteiger partial charge in [-0.15, -0.1) is 0 Å². The average molecular weight is 430 g/mol. The van der Waals surface area contributed by atoms with Crippen molar-refractivity contribution >= 4 is 11.9 Å². The summed E-state index contributed by atoms with van der Waals surface area (Å²) in [5.41, 5.74) is -1.10. The van der Waals surface area contributed by atoms with E-state index in [9.17, 15) is 9.59 Å². The number of carbonyl (C=O) groups is 2. The first-order valence-electron chi connectivity index (χ1n) is 3.46. The summed E-state index contributed by atoms with van der Waals surface area (Å²) in [5.74, 6) is -4.30. The first kappa shape index (κ1) is 14.1. The molecule has 0 heterocycles. The van der Waals surface area contributed by atoms with E-state index in [0.717, 1.165) is 0 Å². The Bertz CT molecular complexity index is 374. The molecule has 0 atom stereocenters. The molecule has 0 amide bonds. The third kappa shape index (κ3) is 3.02. The monoisotopic (exact) mass is 430 g/mol. The molecule has 0 fully saturated rings. The van der Waals surface area contributed by atoms with E-state index in [-0.39, 0.29) is 39.9 Å². The molecular weight excluding hydrogens is 424 g/mol. The number of hydrogen-bond acceptors (Lipinski definition) is 4. The Morgan fingerprint density at radius 2 is 1.13 bits per heavy atom. The van der Waals surface area contributed by atoms with Crippen molar-refractivity contribution in [1.82, 2.24) is 0 Å². The fourth-order valence-corrected chi connectivity index (χ4v) is 0.919. The van der Waals surface area contributed by atoms with Crippen LogP contribution in [0.5, 0.6) is 11.5 Å². The Hall–Kier alpha value is -0.915.